The molecular weight excluding hydrogens is 246 g/mol. The van der Waals surface area contributed by atoms with Crippen LogP contribution in [0.3, 0.4) is 0 Å². The van der Waals surface area contributed by atoms with Crippen molar-refractivity contribution in [2.24, 2.45) is 5.92 Å². The lowest BCUT2D eigenvalue weighted by Crippen LogP contribution is -2.41. The molecule has 1 aliphatic carbocycles. The second-order valence-corrected chi connectivity index (χ2v) is 5.08. The van der Waals surface area contributed by atoms with E-state index in [0.29, 0.717) is 13.0 Å². The van der Waals surface area contributed by atoms with E-state index >= 15 is 0 Å². The lowest BCUT2D eigenvalue weighted by Gasteiger charge is -2.13. The predicted molar refractivity (Wildman–Crippen MR) is 73.0 cm³/mol. The summed E-state index contributed by atoms with van der Waals surface area (Å²) >= 11 is 0. The van der Waals surface area contributed by atoms with Crippen LogP contribution in [-0.4, -0.2) is 55.2 Å². The smallest absolute Gasteiger partial charge is 0.315 e. The van der Waals surface area contributed by atoms with Gasteiger partial charge < -0.3 is 20.6 Å². The molecular formula is C13H23N3O3. The first kappa shape index (κ1) is 15.5. The van der Waals surface area contributed by atoms with E-state index in [2.05, 4.69) is 15.5 Å². The van der Waals surface area contributed by atoms with E-state index in [1.807, 2.05) is 14.1 Å². The Morgan fingerprint density at radius 3 is 2.63 bits per heavy atom. The molecule has 1 aliphatic rings. The van der Waals surface area contributed by atoms with Crippen molar-refractivity contribution < 1.29 is 14.7 Å². The van der Waals surface area contributed by atoms with Crippen molar-refractivity contribution in [3.63, 3.8) is 0 Å². The van der Waals surface area contributed by atoms with Crippen LogP contribution < -0.4 is 10.6 Å². The van der Waals surface area contributed by atoms with E-state index in [9.17, 15) is 9.59 Å². The van der Waals surface area contributed by atoms with Crippen molar-refractivity contribution >= 4 is 12.0 Å². The van der Waals surface area contributed by atoms with Crippen LogP contribution >= 0.6 is 0 Å². The van der Waals surface area contributed by atoms with Crippen molar-refractivity contribution in [1.82, 2.24) is 15.5 Å². The molecule has 0 heterocycles. The van der Waals surface area contributed by atoms with E-state index in [4.69, 9.17) is 5.11 Å². The van der Waals surface area contributed by atoms with E-state index in [1.54, 1.807) is 12.2 Å². The fourth-order valence-corrected chi connectivity index (χ4v) is 1.96. The van der Waals surface area contributed by atoms with E-state index in [-0.39, 0.29) is 12.1 Å². The normalized spacial score (nSPS) is 21.6. The monoisotopic (exact) mass is 269 g/mol. The highest BCUT2D eigenvalue weighted by atomic mass is 16.4. The Morgan fingerprint density at radius 1 is 1.32 bits per heavy atom. The van der Waals surface area contributed by atoms with Crippen molar-refractivity contribution in [2.45, 2.75) is 25.3 Å². The summed E-state index contributed by atoms with van der Waals surface area (Å²) < 4.78 is 0. The van der Waals surface area contributed by atoms with Gasteiger partial charge in [0.1, 0.15) is 0 Å². The molecule has 19 heavy (non-hydrogen) atoms. The standard InChI is InChI=1S/C13H23N3O3/c1-16(2)8-4-3-7-14-13(19)15-11-6-5-10(9-11)12(17)18/h5-6,10-11H,3-4,7-9H2,1-2H3,(H,17,18)(H2,14,15,19). The zero-order chi connectivity index (χ0) is 14.3. The summed E-state index contributed by atoms with van der Waals surface area (Å²) in [5.74, 6) is -1.32. The quantitative estimate of drug-likeness (QED) is 0.468. The molecule has 3 N–H and O–H groups in total. The molecule has 2 atom stereocenters. The number of carbonyl (C=O) groups is 2. The molecule has 6 heteroatoms. The Kier molecular flexibility index (Phi) is 6.35. The number of carboxylic acids is 1. The first-order chi connectivity index (χ1) is 8.99. The molecule has 0 bridgehead atoms. The highest BCUT2D eigenvalue weighted by Gasteiger charge is 2.25. The number of rotatable bonds is 7. The van der Waals surface area contributed by atoms with Gasteiger partial charge in [0, 0.05) is 6.54 Å². The third-order valence-electron chi connectivity index (χ3n) is 3.03. The fourth-order valence-electron chi connectivity index (χ4n) is 1.96. The second-order valence-electron chi connectivity index (χ2n) is 5.08. The van der Waals surface area contributed by atoms with Gasteiger partial charge in [-0.3, -0.25) is 4.79 Å². The van der Waals surface area contributed by atoms with Gasteiger partial charge in [0.2, 0.25) is 0 Å². The molecule has 6 nitrogen and oxygen atoms in total. The summed E-state index contributed by atoms with van der Waals surface area (Å²) in [7, 11) is 4.04. The van der Waals surface area contributed by atoms with Gasteiger partial charge in [-0.2, -0.15) is 0 Å². The van der Waals surface area contributed by atoms with Crippen LogP contribution in [0.2, 0.25) is 0 Å². The molecule has 0 saturated carbocycles. The summed E-state index contributed by atoms with van der Waals surface area (Å²) in [6, 6.07) is -0.409. The zero-order valence-corrected chi connectivity index (χ0v) is 11.6. The lowest BCUT2D eigenvalue weighted by atomic mass is 10.1. The molecule has 0 spiro atoms. The Hall–Kier alpha value is -1.56. The topological polar surface area (TPSA) is 81.7 Å². The van der Waals surface area contributed by atoms with Gasteiger partial charge in [-0.25, -0.2) is 4.79 Å². The minimum atomic E-state index is -0.843. The molecule has 0 aliphatic heterocycles. The van der Waals surface area contributed by atoms with Crippen molar-refractivity contribution in [2.75, 3.05) is 27.2 Å². The maximum atomic E-state index is 11.6. The third-order valence-corrected chi connectivity index (χ3v) is 3.03. The Labute approximate surface area is 113 Å². The van der Waals surface area contributed by atoms with Crippen molar-refractivity contribution in [3.8, 4) is 0 Å². The van der Waals surface area contributed by atoms with Gasteiger partial charge in [-0.1, -0.05) is 12.2 Å². The van der Waals surface area contributed by atoms with E-state index < -0.39 is 11.9 Å². The van der Waals surface area contributed by atoms with Crippen molar-refractivity contribution in [1.29, 1.82) is 0 Å². The van der Waals surface area contributed by atoms with Crippen LogP contribution in [0.15, 0.2) is 12.2 Å². The van der Waals surface area contributed by atoms with Crippen LogP contribution in [0.25, 0.3) is 0 Å². The van der Waals surface area contributed by atoms with Gasteiger partial charge in [0.15, 0.2) is 0 Å². The first-order valence-electron chi connectivity index (χ1n) is 6.59. The molecule has 0 saturated heterocycles. The van der Waals surface area contributed by atoms with Crippen LogP contribution in [0, 0.1) is 5.92 Å². The predicted octanol–water partition coefficient (Wildman–Crippen LogP) is 0.657. The van der Waals surface area contributed by atoms with E-state index in [0.717, 1.165) is 19.4 Å². The molecule has 0 radical (unpaired) electrons. The SMILES string of the molecule is CN(C)CCCCNC(=O)NC1C=CC(C(=O)O)C1. The second kappa shape index (κ2) is 7.78. The number of unbranched alkanes of at least 4 members (excludes halogenated alkanes) is 1. The maximum Gasteiger partial charge on any atom is 0.315 e. The van der Waals surface area contributed by atoms with Crippen LogP contribution in [0.5, 0.6) is 0 Å². The van der Waals surface area contributed by atoms with Crippen LogP contribution in [0.1, 0.15) is 19.3 Å². The molecule has 0 aromatic rings. The van der Waals surface area contributed by atoms with Crippen LogP contribution in [0.4, 0.5) is 4.79 Å². The zero-order valence-electron chi connectivity index (χ0n) is 11.6. The van der Waals surface area contributed by atoms with Gasteiger partial charge in [-0.15, -0.1) is 0 Å². The highest BCUT2D eigenvalue weighted by Crippen LogP contribution is 2.17. The largest absolute Gasteiger partial charge is 0.481 e. The number of amides is 2. The molecule has 2 unspecified atom stereocenters. The van der Waals surface area contributed by atoms with Gasteiger partial charge in [-0.05, 0) is 39.9 Å². The van der Waals surface area contributed by atoms with E-state index in [1.165, 1.54) is 0 Å². The number of carbonyl (C=O) groups excluding carboxylic acids is 1. The number of carboxylic acid groups (broad SMARTS) is 1. The molecule has 0 aromatic heterocycles. The third kappa shape index (κ3) is 6.24. The van der Waals surface area contributed by atoms with Crippen LogP contribution in [-0.2, 0) is 4.79 Å². The molecule has 0 fully saturated rings. The molecule has 0 aromatic carbocycles. The number of hydrogen-bond acceptors (Lipinski definition) is 3. The fraction of sp³-hybridized carbons (Fsp3) is 0.692. The Bertz CT molecular complexity index is 342. The Balaban J connectivity index is 2.09. The average Bonchev–Trinajstić information content (AvgIpc) is 2.76. The minimum absolute atomic E-state index is 0.178. The minimum Gasteiger partial charge on any atom is -0.481 e. The average molecular weight is 269 g/mol. The first-order valence-corrected chi connectivity index (χ1v) is 6.59. The summed E-state index contributed by atoms with van der Waals surface area (Å²) in [5.41, 5.74) is 0. The number of aliphatic carboxylic acids is 1. The lowest BCUT2D eigenvalue weighted by molar-refractivity contribution is -0.140. The summed E-state index contributed by atoms with van der Waals surface area (Å²) in [6.45, 7) is 1.65. The number of nitrogens with zero attached hydrogens (tertiary/aromatic N) is 1. The summed E-state index contributed by atoms with van der Waals surface area (Å²) in [6.07, 6.45) is 5.78. The summed E-state index contributed by atoms with van der Waals surface area (Å²) in [4.78, 5) is 24.4. The number of urea groups is 1. The van der Waals surface area contributed by atoms with Gasteiger partial charge in [0.05, 0.1) is 12.0 Å². The number of hydrogen-bond donors (Lipinski definition) is 3. The molecule has 108 valence electrons. The molecule has 1 rings (SSSR count). The Morgan fingerprint density at radius 2 is 2.05 bits per heavy atom. The maximum absolute atomic E-state index is 11.6. The van der Waals surface area contributed by atoms with Crippen molar-refractivity contribution in [3.05, 3.63) is 12.2 Å². The van der Waals surface area contributed by atoms with Gasteiger partial charge >= 0.3 is 12.0 Å². The summed E-state index contributed by atoms with van der Waals surface area (Å²) in [5, 5.41) is 14.4. The highest BCUT2D eigenvalue weighted by molar-refractivity contribution is 5.76. The molecule has 2 amide bonds. The number of nitrogens with one attached hydrogen (secondary N) is 2. The van der Waals surface area contributed by atoms with Gasteiger partial charge in [0.25, 0.3) is 0 Å².